The molecule has 1 fully saturated rings. The maximum atomic E-state index is 11.3. The van der Waals surface area contributed by atoms with Gasteiger partial charge in [0.05, 0.1) is 5.69 Å². The molecule has 1 aromatic carbocycles. The van der Waals surface area contributed by atoms with Crippen LogP contribution in [0.25, 0.3) is 10.6 Å². The third-order valence-corrected chi connectivity index (χ3v) is 4.75. The monoisotopic (exact) mass is 273 g/mol. The van der Waals surface area contributed by atoms with Crippen LogP contribution in [0.3, 0.4) is 0 Å². The molecule has 2 aromatic rings. The van der Waals surface area contributed by atoms with Crippen LogP contribution in [0.5, 0.6) is 0 Å². The molecule has 0 radical (unpaired) electrons. The number of nitrogens with zero attached hydrogens (tertiary/aromatic N) is 1. The zero-order valence-corrected chi connectivity index (χ0v) is 11.5. The molecular formula is C15H15NO2S. The van der Waals surface area contributed by atoms with Crippen molar-refractivity contribution < 1.29 is 9.90 Å². The van der Waals surface area contributed by atoms with Gasteiger partial charge < -0.3 is 5.11 Å². The van der Waals surface area contributed by atoms with Crippen LogP contribution in [0.15, 0.2) is 24.3 Å². The highest BCUT2D eigenvalue weighted by atomic mass is 32.1. The summed E-state index contributed by atoms with van der Waals surface area (Å²) in [5, 5.41) is 10.1. The molecule has 0 spiro atoms. The van der Waals surface area contributed by atoms with Crippen LogP contribution in [0, 0.1) is 6.92 Å². The van der Waals surface area contributed by atoms with Gasteiger partial charge in [-0.05, 0) is 19.8 Å². The molecular weight excluding hydrogens is 258 g/mol. The Bertz CT molecular complexity index is 612. The van der Waals surface area contributed by atoms with Crippen molar-refractivity contribution in [3.8, 4) is 10.6 Å². The summed E-state index contributed by atoms with van der Waals surface area (Å²) in [4.78, 5) is 16.3. The second kappa shape index (κ2) is 4.78. The van der Waals surface area contributed by atoms with Crippen molar-refractivity contribution in [2.45, 2.75) is 32.1 Å². The van der Waals surface area contributed by atoms with E-state index in [9.17, 15) is 9.90 Å². The predicted octanol–water partition coefficient (Wildman–Crippen LogP) is 4.08. The number of rotatable bonds is 3. The summed E-state index contributed by atoms with van der Waals surface area (Å²) in [5.74, 6) is -0.501. The van der Waals surface area contributed by atoms with E-state index in [0.717, 1.165) is 29.1 Å². The van der Waals surface area contributed by atoms with Crippen molar-refractivity contribution >= 4 is 17.3 Å². The van der Waals surface area contributed by atoms with Gasteiger partial charge in [-0.15, -0.1) is 11.3 Å². The fourth-order valence-corrected chi connectivity index (χ4v) is 3.26. The third kappa shape index (κ3) is 2.28. The van der Waals surface area contributed by atoms with Crippen molar-refractivity contribution in [3.63, 3.8) is 0 Å². The minimum Gasteiger partial charge on any atom is -0.477 e. The molecule has 3 rings (SSSR count). The Morgan fingerprint density at radius 2 is 2.00 bits per heavy atom. The summed E-state index contributed by atoms with van der Waals surface area (Å²) in [6.45, 7) is 2.04. The highest BCUT2D eigenvalue weighted by molar-refractivity contribution is 7.17. The molecule has 4 heteroatoms. The molecule has 1 aliphatic rings. The Kier molecular flexibility index (Phi) is 3.11. The first-order valence-corrected chi connectivity index (χ1v) is 7.28. The molecule has 0 amide bonds. The standard InChI is InChI=1S/C15H15NO2S/c1-9-5-7-11(8-6-9)14-16-12(10-3-2-4-10)13(19-14)15(17)18/h5-8,10H,2-4H2,1H3,(H,17,18). The summed E-state index contributed by atoms with van der Waals surface area (Å²) >= 11 is 1.29. The van der Waals surface area contributed by atoms with E-state index < -0.39 is 5.97 Å². The minimum absolute atomic E-state index is 0.349. The zero-order chi connectivity index (χ0) is 13.4. The van der Waals surface area contributed by atoms with Crippen molar-refractivity contribution in [1.82, 2.24) is 4.98 Å². The van der Waals surface area contributed by atoms with Crippen LogP contribution < -0.4 is 0 Å². The zero-order valence-electron chi connectivity index (χ0n) is 10.7. The van der Waals surface area contributed by atoms with E-state index in [4.69, 9.17) is 0 Å². The molecule has 0 unspecified atom stereocenters. The molecule has 1 heterocycles. The average Bonchev–Trinajstić information content (AvgIpc) is 2.72. The summed E-state index contributed by atoms with van der Waals surface area (Å²) < 4.78 is 0. The van der Waals surface area contributed by atoms with E-state index in [1.165, 1.54) is 23.3 Å². The van der Waals surface area contributed by atoms with Gasteiger partial charge in [0.25, 0.3) is 0 Å². The molecule has 1 aromatic heterocycles. The number of benzene rings is 1. The van der Waals surface area contributed by atoms with E-state index in [2.05, 4.69) is 4.98 Å². The first-order chi connectivity index (χ1) is 9.15. The predicted molar refractivity (Wildman–Crippen MR) is 75.8 cm³/mol. The Morgan fingerprint density at radius 1 is 1.32 bits per heavy atom. The second-order valence-electron chi connectivity index (χ2n) is 5.03. The lowest BCUT2D eigenvalue weighted by Crippen LogP contribution is -2.12. The minimum atomic E-state index is -0.849. The Morgan fingerprint density at radius 3 is 2.53 bits per heavy atom. The summed E-state index contributed by atoms with van der Waals surface area (Å²) in [5.41, 5.74) is 2.99. The van der Waals surface area contributed by atoms with Gasteiger partial charge in [0, 0.05) is 11.5 Å². The smallest absolute Gasteiger partial charge is 0.347 e. The number of thiazole rings is 1. The largest absolute Gasteiger partial charge is 0.477 e. The van der Waals surface area contributed by atoms with Gasteiger partial charge in [0.15, 0.2) is 0 Å². The molecule has 98 valence electrons. The number of aromatic nitrogens is 1. The Hall–Kier alpha value is -1.68. The number of hydrogen-bond acceptors (Lipinski definition) is 3. The maximum Gasteiger partial charge on any atom is 0.347 e. The Labute approximate surface area is 115 Å². The summed E-state index contributed by atoms with van der Waals surface area (Å²) in [6, 6.07) is 8.06. The summed E-state index contributed by atoms with van der Waals surface area (Å²) in [7, 11) is 0. The van der Waals surface area contributed by atoms with E-state index in [-0.39, 0.29) is 0 Å². The average molecular weight is 273 g/mol. The molecule has 19 heavy (non-hydrogen) atoms. The van der Waals surface area contributed by atoms with Gasteiger partial charge >= 0.3 is 5.97 Å². The van der Waals surface area contributed by atoms with Crippen molar-refractivity contribution in [2.75, 3.05) is 0 Å². The van der Waals surface area contributed by atoms with Crippen LogP contribution in [-0.4, -0.2) is 16.1 Å². The number of carboxylic acids is 1. The van der Waals surface area contributed by atoms with Crippen molar-refractivity contribution in [1.29, 1.82) is 0 Å². The summed E-state index contributed by atoms with van der Waals surface area (Å²) in [6.07, 6.45) is 3.32. The van der Waals surface area contributed by atoms with Gasteiger partial charge in [-0.1, -0.05) is 36.2 Å². The number of carboxylic acid groups (broad SMARTS) is 1. The number of aromatic carboxylic acids is 1. The van der Waals surface area contributed by atoms with E-state index in [0.29, 0.717) is 10.8 Å². The van der Waals surface area contributed by atoms with Crippen molar-refractivity contribution in [2.24, 2.45) is 0 Å². The van der Waals surface area contributed by atoms with E-state index in [1.54, 1.807) is 0 Å². The molecule has 0 atom stereocenters. The SMILES string of the molecule is Cc1ccc(-c2nc(C3CCC3)c(C(=O)O)s2)cc1. The van der Waals surface area contributed by atoms with Crippen LogP contribution in [-0.2, 0) is 0 Å². The van der Waals surface area contributed by atoms with Crippen LogP contribution in [0.1, 0.15) is 46.1 Å². The van der Waals surface area contributed by atoms with Crippen molar-refractivity contribution in [3.05, 3.63) is 40.4 Å². The normalized spacial score (nSPS) is 15.2. The molecule has 0 aliphatic heterocycles. The quantitative estimate of drug-likeness (QED) is 0.916. The lowest BCUT2D eigenvalue weighted by Gasteiger charge is -2.23. The second-order valence-corrected chi connectivity index (χ2v) is 6.03. The van der Waals surface area contributed by atoms with Gasteiger partial charge in [-0.3, -0.25) is 0 Å². The lowest BCUT2D eigenvalue weighted by molar-refractivity contribution is 0.0699. The van der Waals surface area contributed by atoms with Crippen LogP contribution in [0.4, 0.5) is 0 Å². The highest BCUT2D eigenvalue weighted by Gasteiger charge is 2.28. The molecule has 3 nitrogen and oxygen atoms in total. The number of hydrogen-bond donors (Lipinski definition) is 1. The lowest BCUT2D eigenvalue weighted by atomic mass is 9.82. The molecule has 1 saturated carbocycles. The van der Waals surface area contributed by atoms with Crippen LogP contribution in [0.2, 0.25) is 0 Å². The Balaban J connectivity index is 2.02. The van der Waals surface area contributed by atoms with Gasteiger partial charge in [-0.2, -0.15) is 0 Å². The molecule has 1 N–H and O–H groups in total. The van der Waals surface area contributed by atoms with Gasteiger partial charge in [0.2, 0.25) is 0 Å². The first kappa shape index (κ1) is 12.4. The fourth-order valence-electron chi connectivity index (χ4n) is 2.26. The highest BCUT2D eigenvalue weighted by Crippen LogP contribution is 2.41. The first-order valence-electron chi connectivity index (χ1n) is 6.46. The number of carbonyl (C=O) groups is 1. The van der Waals surface area contributed by atoms with Gasteiger partial charge in [-0.25, -0.2) is 9.78 Å². The topological polar surface area (TPSA) is 50.2 Å². The third-order valence-electron chi connectivity index (χ3n) is 3.64. The van der Waals surface area contributed by atoms with E-state index in [1.807, 2.05) is 31.2 Å². The van der Waals surface area contributed by atoms with Crippen LogP contribution >= 0.6 is 11.3 Å². The molecule has 1 aliphatic carbocycles. The maximum absolute atomic E-state index is 11.3. The fraction of sp³-hybridized carbons (Fsp3) is 0.333. The number of aryl methyl sites for hydroxylation is 1. The molecule has 0 bridgehead atoms. The molecule has 0 saturated heterocycles. The van der Waals surface area contributed by atoms with Gasteiger partial charge in [0.1, 0.15) is 9.88 Å². The van der Waals surface area contributed by atoms with E-state index >= 15 is 0 Å².